The zero-order chi connectivity index (χ0) is 14.4. The van der Waals surface area contributed by atoms with E-state index in [0.29, 0.717) is 13.2 Å². The number of hydrogen-bond donors (Lipinski definition) is 1. The van der Waals surface area contributed by atoms with Crippen LogP contribution in [0, 0.1) is 0 Å². The second kappa shape index (κ2) is 7.29. The summed E-state index contributed by atoms with van der Waals surface area (Å²) in [6.45, 7) is 3.54. The molecule has 0 aliphatic carbocycles. The number of aryl methyl sites for hydroxylation is 1. The third-order valence-electron chi connectivity index (χ3n) is 3.60. The Morgan fingerprint density at radius 2 is 2.20 bits per heavy atom. The van der Waals surface area contributed by atoms with Crippen molar-refractivity contribution in [2.75, 3.05) is 24.6 Å². The maximum atomic E-state index is 11.4. The zero-order valence-corrected chi connectivity index (χ0v) is 12.0. The molecule has 0 aromatic heterocycles. The molecule has 1 heterocycles. The Hall–Kier alpha value is -1.55. The van der Waals surface area contributed by atoms with Crippen molar-refractivity contribution in [1.29, 1.82) is 0 Å². The molecule has 0 saturated carbocycles. The van der Waals surface area contributed by atoms with E-state index in [0.717, 1.165) is 19.4 Å². The SMILES string of the molecule is CCOC(=O)CC(O)CN1CCCCc2ccccc21. The molecule has 1 aromatic carbocycles. The molecule has 0 bridgehead atoms. The molecule has 0 amide bonds. The lowest BCUT2D eigenvalue weighted by molar-refractivity contribution is -0.145. The Kier molecular flexibility index (Phi) is 5.41. The molecule has 4 heteroatoms. The van der Waals surface area contributed by atoms with Gasteiger partial charge in [-0.25, -0.2) is 0 Å². The average Bonchev–Trinajstić information content (AvgIpc) is 2.62. The summed E-state index contributed by atoms with van der Waals surface area (Å²) in [6.07, 6.45) is 2.75. The summed E-state index contributed by atoms with van der Waals surface area (Å²) in [7, 11) is 0. The number of benzene rings is 1. The van der Waals surface area contributed by atoms with Gasteiger partial charge < -0.3 is 14.7 Å². The van der Waals surface area contributed by atoms with E-state index in [-0.39, 0.29) is 12.4 Å². The molecule has 110 valence electrons. The first-order valence-corrected chi connectivity index (χ1v) is 7.37. The number of para-hydroxylation sites is 1. The summed E-state index contributed by atoms with van der Waals surface area (Å²) >= 11 is 0. The number of carbonyl (C=O) groups excluding carboxylic acids is 1. The molecule has 1 atom stereocenters. The Morgan fingerprint density at radius 3 is 3.00 bits per heavy atom. The molecule has 0 fully saturated rings. The minimum Gasteiger partial charge on any atom is -0.466 e. The van der Waals surface area contributed by atoms with Gasteiger partial charge in [0.05, 0.1) is 19.1 Å². The largest absolute Gasteiger partial charge is 0.466 e. The summed E-state index contributed by atoms with van der Waals surface area (Å²) in [5, 5.41) is 10.1. The van der Waals surface area contributed by atoms with Crippen molar-refractivity contribution in [1.82, 2.24) is 0 Å². The molecule has 20 heavy (non-hydrogen) atoms. The first-order chi connectivity index (χ1) is 9.70. The van der Waals surface area contributed by atoms with E-state index in [1.54, 1.807) is 6.92 Å². The van der Waals surface area contributed by atoms with E-state index in [9.17, 15) is 9.90 Å². The number of nitrogens with zero attached hydrogens (tertiary/aromatic N) is 1. The molecule has 0 radical (unpaired) electrons. The van der Waals surface area contributed by atoms with Gasteiger partial charge in [-0.2, -0.15) is 0 Å². The van der Waals surface area contributed by atoms with Crippen molar-refractivity contribution >= 4 is 11.7 Å². The van der Waals surface area contributed by atoms with Gasteiger partial charge in [-0.1, -0.05) is 18.2 Å². The second-order valence-electron chi connectivity index (χ2n) is 5.19. The number of aliphatic hydroxyl groups excluding tert-OH is 1. The molecule has 1 N–H and O–H groups in total. The summed E-state index contributed by atoms with van der Waals surface area (Å²) in [5.74, 6) is -0.330. The van der Waals surface area contributed by atoms with Gasteiger partial charge in [0.15, 0.2) is 0 Å². The summed E-state index contributed by atoms with van der Waals surface area (Å²) in [4.78, 5) is 13.6. The van der Waals surface area contributed by atoms with Gasteiger partial charge in [-0.05, 0) is 37.8 Å². The molecule has 1 aliphatic heterocycles. The Morgan fingerprint density at radius 1 is 1.40 bits per heavy atom. The number of anilines is 1. The van der Waals surface area contributed by atoms with E-state index in [1.807, 2.05) is 6.07 Å². The Bertz CT molecular complexity index is 447. The van der Waals surface area contributed by atoms with Gasteiger partial charge >= 0.3 is 5.97 Å². The van der Waals surface area contributed by atoms with Crippen LogP contribution in [0.1, 0.15) is 31.7 Å². The van der Waals surface area contributed by atoms with Crippen molar-refractivity contribution in [2.24, 2.45) is 0 Å². The number of aliphatic hydroxyl groups is 1. The van der Waals surface area contributed by atoms with Crippen molar-refractivity contribution < 1.29 is 14.6 Å². The van der Waals surface area contributed by atoms with Gasteiger partial charge in [-0.15, -0.1) is 0 Å². The number of fused-ring (bicyclic) bond motifs is 1. The number of β-amino-alcohol motifs (C(OH)–C–C–N with tert-alkyl or cyclic N) is 1. The van der Waals surface area contributed by atoms with Crippen LogP contribution in [0.5, 0.6) is 0 Å². The highest BCUT2D eigenvalue weighted by Crippen LogP contribution is 2.26. The van der Waals surface area contributed by atoms with Gasteiger partial charge in [0.25, 0.3) is 0 Å². The van der Waals surface area contributed by atoms with Crippen LogP contribution in [0.3, 0.4) is 0 Å². The van der Waals surface area contributed by atoms with Crippen LogP contribution in [0.4, 0.5) is 5.69 Å². The van der Waals surface area contributed by atoms with Crippen molar-refractivity contribution in [3.8, 4) is 0 Å². The standard InChI is InChI=1S/C16H23NO3/c1-2-20-16(19)11-14(18)12-17-10-6-5-8-13-7-3-4-9-15(13)17/h3-4,7,9,14,18H,2,5-6,8,10-12H2,1H3. The third kappa shape index (κ3) is 3.97. The molecule has 1 unspecified atom stereocenters. The fourth-order valence-corrected chi connectivity index (χ4v) is 2.69. The molecule has 4 nitrogen and oxygen atoms in total. The summed E-state index contributed by atoms with van der Waals surface area (Å²) in [6, 6.07) is 8.31. The van der Waals surface area contributed by atoms with Crippen molar-refractivity contribution in [2.45, 2.75) is 38.7 Å². The van der Waals surface area contributed by atoms with E-state index in [2.05, 4.69) is 23.1 Å². The van der Waals surface area contributed by atoms with Crippen LogP contribution in [0.2, 0.25) is 0 Å². The monoisotopic (exact) mass is 277 g/mol. The van der Waals surface area contributed by atoms with Crippen LogP contribution in [0.25, 0.3) is 0 Å². The summed E-state index contributed by atoms with van der Waals surface area (Å²) < 4.78 is 4.88. The van der Waals surface area contributed by atoms with Gasteiger partial charge in [0, 0.05) is 18.8 Å². The quantitative estimate of drug-likeness (QED) is 0.838. The lowest BCUT2D eigenvalue weighted by Gasteiger charge is -2.27. The van der Waals surface area contributed by atoms with E-state index in [4.69, 9.17) is 4.74 Å². The average molecular weight is 277 g/mol. The van der Waals surface area contributed by atoms with E-state index in [1.165, 1.54) is 17.7 Å². The Labute approximate surface area is 120 Å². The predicted octanol–water partition coefficient (Wildman–Crippen LogP) is 2.14. The van der Waals surface area contributed by atoms with Crippen LogP contribution in [-0.4, -0.2) is 36.9 Å². The Balaban J connectivity index is 2.00. The highest BCUT2D eigenvalue weighted by molar-refractivity contribution is 5.70. The van der Waals surface area contributed by atoms with Gasteiger partial charge in [-0.3, -0.25) is 4.79 Å². The number of esters is 1. The minimum atomic E-state index is -0.680. The maximum absolute atomic E-state index is 11.4. The first-order valence-electron chi connectivity index (χ1n) is 7.37. The summed E-state index contributed by atoms with van der Waals surface area (Å²) in [5.41, 5.74) is 2.52. The lowest BCUT2D eigenvalue weighted by atomic mass is 10.1. The molecular weight excluding hydrogens is 254 g/mol. The minimum absolute atomic E-state index is 0.0620. The van der Waals surface area contributed by atoms with Gasteiger partial charge in [0.2, 0.25) is 0 Å². The second-order valence-corrected chi connectivity index (χ2v) is 5.19. The van der Waals surface area contributed by atoms with Crippen LogP contribution >= 0.6 is 0 Å². The van der Waals surface area contributed by atoms with Crippen molar-refractivity contribution in [3.63, 3.8) is 0 Å². The molecule has 2 rings (SSSR count). The number of hydrogen-bond acceptors (Lipinski definition) is 4. The number of carbonyl (C=O) groups is 1. The zero-order valence-electron chi connectivity index (χ0n) is 12.0. The van der Waals surface area contributed by atoms with E-state index < -0.39 is 6.10 Å². The fourth-order valence-electron chi connectivity index (χ4n) is 2.69. The van der Waals surface area contributed by atoms with Crippen LogP contribution < -0.4 is 4.90 Å². The fraction of sp³-hybridized carbons (Fsp3) is 0.562. The maximum Gasteiger partial charge on any atom is 0.308 e. The van der Waals surface area contributed by atoms with Crippen molar-refractivity contribution in [3.05, 3.63) is 29.8 Å². The highest BCUT2D eigenvalue weighted by Gasteiger charge is 2.19. The molecule has 1 aromatic rings. The van der Waals surface area contributed by atoms with E-state index >= 15 is 0 Å². The van der Waals surface area contributed by atoms with Gasteiger partial charge in [0.1, 0.15) is 0 Å². The number of ether oxygens (including phenoxy) is 1. The molecule has 0 saturated heterocycles. The third-order valence-corrected chi connectivity index (χ3v) is 3.60. The normalized spacial score (nSPS) is 16.2. The topological polar surface area (TPSA) is 49.8 Å². The smallest absolute Gasteiger partial charge is 0.308 e. The predicted molar refractivity (Wildman–Crippen MR) is 78.8 cm³/mol. The number of rotatable bonds is 5. The van der Waals surface area contributed by atoms with Crippen LogP contribution in [0.15, 0.2) is 24.3 Å². The van der Waals surface area contributed by atoms with Crippen LogP contribution in [-0.2, 0) is 16.0 Å². The highest BCUT2D eigenvalue weighted by atomic mass is 16.5. The lowest BCUT2D eigenvalue weighted by Crippen LogP contribution is -2.34. The first kappa shape index (κ1) is 14.9. The molecule has 1 aliphatic rings. The molecular formula is C16H23NO3. The molecule has 0 spiro atoms.